The molecule has 1 aliphatic rings. The van der Waals surface area contributed by atoms with Crippen molar-refractivity contribution in [1.82, 2.24) is 4.90 Å². The van der Waals surface area contributed by atoms with Crippen LogP contribution < -0.4 is 0 Å². The van der Waals surface area contributed by atoms with Crippen LogP contribution in [0.15, 0.2) is 11.6 Å². The Morgan fingerprint density at radius 3 is 3.08 bits per heavy atom. The van der Waals surface area contributed by atoms with Crippen molar-refractivity contribution < 1.29 is 0 Å². The first-order valence-corrected chi connectivity index (χ1v) is 5.03. The van der Waals surface area contributed by atoms with Crippen LogP contribution in [-0.2, 0) is 0 Å². The van der Waals surface area contributed by atoms with Gasteiger partial charge in [-0.25, -0.2) is 0 Å². The fourth-order valence-corrected chi connectivity index (χ4v) is 1.86. The third-order valence-electron chi connectivity index (χ3n) is 2.50. The molecule has 1 saturated heterocycles. The van der Waals surface area contributed by atoms with Crippen molar-refractivity contribution in [3.05, 3.63) is 11.6 Å². The number of hydrogen-bond acceptors (Lipinski definition) is 2. The average molecular weight is 199 g/mol. The quantitative estimate of drug-likeness (QED) is 0.681. The first-order chi connectivity index (χ1) is 6.20. The Morgan fingerprint density at radius 1 is 1.69 bits per heavy atom. The largest absolute Gasteiger partial charge is 0.298 e. The van der Waals surface area contributed by atoms with Crippen LogP contribution in [0.5, 0.6) is 0 Å². The third-order valence-corrected chi connectivity index (χ3v) is 2.68. The molecule has 1 rings (SSSR count). The van der Waals surface area contributed by atoms with E-state index in [0.717, 1.165) is 32.5 Å². The molecule has 1 heterocycles. The summed E-state index contributed by atoms with van der Waals surface area (Å²) in [4.78, 5) is 2.27. The fraction of sp³-hybridized carbons (Fsp3) is 0.700. The fourth-order valence-electron chi connectivity index (χ4n) is 1.78. The zero-order valence-corrected chi connectivity index (χ0v) is 8.72. The van der Waals surface area contributed by atoms with Crippen LogP contribution in [-0.4, -0.2) is 24.5 Å². The van der Waals surface area contributed by atoms with E-state index in [1.54, 1.807) is 5.54 Å². The minimum atomic E-state index is -0.154. The molecule has 0 aliphatic carbocycles. The molecule has 1 aliphatic heterocycles. The average Bonchev–Trinajstić information content (AvgIpc) is 2.15. The second-order valence-corrected chi connectivity index (χ2v) is 4.12. The molecule has 1 unspecified atom stereocenters. The monoisotopic (exact) mass is 198 g/mol. The van der Waals surface area contributed by atoms with Gasteiger partial charge in [0.15, 0.2) is 0 Å². The smallest absolute Gasteiger partial charge is 0.0700 e. The van der Waals surface area contributed by atoms with E-state index in [4.69, 9.17) is 16.9 Å². The van der Waals surface area contributed by atoms with E-state index in [9.17, 15) is 0 Å². The molecule has 13 heavy (non-hydrogen) atoms. The van der Waals surface area contributed by atoms with E-state index in [-0.39, 0.29) is 5.41 Å². The highest BCUT2D eigenvalue weighted by Gasteiger charge is 2.30. The van der Waals surface area contributed by atoms with E-state index in [2.05, 4.69) is 11.0 Å². The van der Waals surface area contributed by atoms with Gasteiger partial charge in [0.05, 0.1) is 11.5 Å². The molecular weight excluding hydrogens is 184 g/mol. The summed E-state index contributed by atoms with van der Waals surface area (Å²) >= 11 is 5.45. The van der Waals surface area contributed by atoms with Gasteiger partial charge in [-0.15, -0.1) is 0 Å². The number of halogens is 1. The summed E-state index contributed by atoms with van der Waals surface area (Å²) in [5, 5.41) is 8.97. The molecule has 0 spiro atoms. The van der Waals surface area contributed by atoms with Gasteiger partial charge in [0.25, 0.3) is 0 Å². The van der Waals surface area contributed by atoms with Gasteiger partial charge in [-0.3, -0.25) is 4.90 Å². The molecule has 0 aromatic carbocycles. The lowest BCUT2D eigenvalue weighted by Crippen LogP contribution is -2.40. The van der Waals surface area contributed by atoms with E-state index in [1.165, 1.54) is 0 Å². The Bertz CT molecular complexity index is 232. The number of nitriles is 1. The molecule has 0 amide bonds. The number of likely N-dealkylation sites (tertiary alicyclic amines) is 1. The molecule has 0 aromatic rings. The normalized spacial score (nSPS) is 30.5. The van der Waals surface area contributed by atoms with Crippen molar-refractivity contribution in [2.24, 2.45) is 5.41 Å². The van der Waals surface area contributed by atoms with Gasteiger partial charge >= 0.3 is 0 Å². The first-order valence-electron chi connectivity index (χ1n) is 4.59. The van der Waals surface area contributed by atoms with Crippen molar-refractivity contribution in [3.8, 4) is 6.07 Å². The van der Waals surface area contributed by atoms with Gasteiger partial charge in [-0.2, -0.15) is 5.26 Å². The van der Waals surface area contributed by atoms with Gasteiger partial charge in [0.2, 0.25) is 0 Å². The molecule has 0 N–H and O–H groups in total. The predicted molar refractivity (Wildman–Crippen MR) is 54.4 cm³/mol. The summed E-state index contributed by atoms with van der Waals surface area (Å²) in [7, 11) is 0. The molecule has 0 radical (unpaired) electrons. The van der Waals surface area contributed by atoms with Crippen LogP contribution in [0.25, 0.3) is 0 Å². The summed E-state index contributed by atoms with van der Waals surface area (Å²) in [5.74, 6) is 0. The Kier molecular flexibility index (Phi) is 3.77. The minimum Gasteiger partial charge on any atom is -0.298 e. The van der Waals surface area contributed by atoms with Crippen molar-refractivity contribution in [1.29, 1.82) is 5.26 Å². The summed E-state index contributed by atoms with van der Waals surface area (Å²) in [5.41, 5.74) is 1.39. The van der Waals surface area contributed by atoms with Crippen molar-refractivity contribution in [2.45, 2.75) is 19.8 Å². The Labute approximate surface area is 84.8 Å². The molecule has 2 nitrogen and oxygen atoms in total. The topological polar surface area (TPSA) is 27.0 Å². The number of rotatable bonds is 2. The third kappa shape index (κ3) is 3.02. The summed E-state index contributed by atoms with van der Waals surface area (Å²) in [6.07, 6.45) is 4.05. The van der Waals surface area contributed by atoms with Crippen molar-refractivity contribution in [3.63, 3.8) is 0 Å². The lowest BCUT2D eigenvalue weighted by molar-refractivity contribution is 0.157. The highest BCUT2D eigenvalue weighted by molar-refractivity contribution is 6.25. The van der Waals surface area contributed by atoms with E-state index < -0.39 is 0 Å². The standard InChI is InChI=1S/C10H15ClN2/c1-10(8-12)4-2-6-13(9-10)7-3-5-11/h3,5H,2,4,6-7,9H2,1H3/b5-3+. The number of piperidine rings is 1. The number of nitrogens with zero attached hydrogens (tertiary/aromatic N) is 2. The lowest BCUT2D eigenvalue weighted by atomic mass is 9.83. The summed E-state index contributed by atoms with van der Waals surface area (Å²) in [6, 6.07) is 2.39. The maximum absolute atomic E-state index is 8.97. The van der Waals surface area contributed by atoms with E-state index in [1.807, 2.05) is 13.0 Å². The summed E-state index contributed by atoms with van der Waals surface area (Å²) in [6.45, 7) is 4.84. The lowest BCUT2D eigenvalue weighted by Gasteiger charge is -2.35. The highest BCUT2D eigenvalue weighted by Crippen LogP contribution is 2.28. The van der Waals surface area contributed by atoms with E-state index >= 15 is 0 Å². The second kappa shape index (κ2) is 4.64. The molecular formula is C10H15ClN2. The summed E-state index contributed by atoms with van der Waals surface area (Å²) < 4.78 is 0. The number of hydrogen-bond donors (Lipinski definition) is 0. The SMILES string of the molecule is CC1(C#N)CCCN(C/C=C/Cl)C1. The van der Waals surface area contributed by atoms with Crippen LogP contribution in [0, 0.1) is 16.7 Å². The Morgan fingerprint density at radius 2 is 2.46 bits per heavy atom. The maximum Gasteiger partial charge on any atom is 0.0700 e. The molecule has 0 saturated carbocycles. The first kappa shape index (κ1) is 10.6. The zero-order valence-electron chi connectivity index (χ0n) is 7.96. The van der Waals surface area contributed by atoms with Crippen LogP contribution in [0.2, 0.25) is 0 Å². The molecule has 3 heteroatoms. The second-order valence-electron chi connectivity index (χ2n) is 3.87. The van der Waals surface area contributed by atoms with Crippen LogP contribution in [0.3, 0.4) is 0 Å². The van der Waals surface area contributed by atoms with Gasteiger partial charge < -0.3 is 0 Å². The van der Waals surface area contributed by atoms with Gasteiger partial charge in [-0.1, -0.05) is 17.7 Å². The molecule has 1 fully saturated rings. The van der Waals surface area contributed by atoms with Gasteiger partial charge in [0, 0.05) is 18.6 Å². The molecule has 0 aromatic heterocycles. The van der Waals surface area contributed by atoms with Gasteiger partial charge in [0.1, 0.15) is 0 Å². The molecule has 1 atom stereocenters. The van der Waals surface area contributed by atoms with Gasteiger partial charge in [-0.05, 0) is 26.3 Å². The maximum atomic E-state index is 8.97. The predicted octanol–water partition coefficient (Wildman–Crippen LogP) is 2.36. The van der Waals surface area contributed by atoms with Crippen molar-refractivity contribution in [2.75, 3.05) is 19.6 Å². The molecule has 0 bridgehead atoms. The highest BCUT2D eigenvalue weighted by atomic mass is 35.5. The van der Waals surface area contributed by atoms with E-state index in [0.29, 0.717) is 0 Å². The molecule has 72 valence electrons. The van der Waals surface area contributed by atoms with Crippen molar-refractivity contribution >= 4 is 11.6 Å². The van der Waals surface area contributed by atoms with Crippen LogP contribution in [0.1, 0.15) is 19.8 Å². The Hall–Kier alpha value is -0.520. The van der Waals surface area contributed by atoms with Crippen LogP contribution >= 0.6 is 11.6 Å². The van der Waals surface area contributed by atoms with Crippen LogP contribution in [0.4, 0.5) is 0 Å². The minimum absolute atomic E-state index is 0.154. The zero-order chi connectivity index (χ0) is 9.73. The Balaban J connectivity index is 2.47.